The van der Waals surface area contributed by atoms with Crippen molar-refractivity contribution in [2.24, 2.45) is 5.92 Å². The SMILES string of the molecule is CCC(CC)C(=O)N[C@H]1CO[C@H]2[C@@H]1OC[C@H]2OC(=O)Nc1ccccc1. The number of para-hydroxylation sites is 1. The van der Waals surface area contributed by atoms with E-state index in [1.54, 1.807) is 12.1 Å². The Morgan fingerprint density at radius 1 is 1.12 bits per heavy atom. The number of amides is 2. The van der Waals surface area contributed by atoms with Crippen LogP contribution in [0.15, 0.2) is 30.3 Å². The van der Waals surface area contributed by atoms with Crippen molar-refractivity contribution in [2.75, 3.05) is 18.5 Å². The monoisotopic (exact) mass is 362 g/mol. The first-order valence-corrected chi connectivity index (χ1v) is 9.18. The second kappa shape index (κ2) is 8.51. The highest BCUT2D eigenvalue weighted by Crippen LogP contribution is 2.29. The van der Waals surface area contributed by atoms with Crippen LogP contribution in [-0.4, -0.2) is 49.6 Å². The summed E-state index contributed by atoms with van der Waals surface area (Å²) in [4.78, 5) is 24.4. The highest BCUT2D eigenvalue weighted by atomic mass is 16.6. The number of hydrogen-bond donors (Lipinski definition) is 2. The topological polar surface area (TPSA) is 85.9 Å². The zero-order chi connectivity index (χ0) is 18.5. The summed E-state index contributed by atoms with van der Waals surface area (Å²) in [6.45, 7) is 4.63. The fraction of sp³-hybridized carbons (Fsp3) is 0.579. The van der Waals surface area contributed by atoms with Crippen molar-refractivity contribution in [3.05, 3.63) is 30.3 Å². The quantitative estimate of drug-likeness (QED) is 0.811. The molecule has 2 N–H and O–H groups in total. The van der Waals surface area contributed by atoms with Crippen LogP contribution in [-0.2, 0) is 19.0 Å². The highest BCUT2D eigenvalue weighted by Gasteiger charge is 2.50. The molecule has 142 valence electrons. The molecule has 2 aliphatic heterocycles. The standard InChI is InChI=1S/C19H26N2O5/c1-3-12(4-2)18(22)21-14-10-24-17-15(11-25-16(14)17)26-19(23)20-13-8-6-5-7-9-13/h5-9,12,14-17H,3-4,10-11H2,1-2H3,(H,20,23)(H,21,22)/t14-,15+,16+,17+/m0/s1. The lowest BCUT2D eigenvalue weighted by Gasteiger charge is -2.20. The van der Waals surface area contributed by atoms with E-state index >= 15 is 0 Å². The number of hydrogen-bond acceptors (Lipinski definition) is 5. The molecule has 7 nitrogen and oxygen atoms in total. The number of fused-ring (bicyclic) bond motifs is 1. The van der Waals surface area contributed by atoms with Crippen molar-refractivity contribution in [2.45, 2.75) is 51.0 Å². The van der Waals surface area contributed by atoms with Crippen LogP contribution in [0.3, 0.4) is 0 Å². The summed E-state index contributed by atoms with van der Waals surface area (Å²) in [5, 5.41) is 5.70. The second-order valence-corrected chi connectivity index (χ2v) is 6.66. The van der Waals surface area contributed by atoms with Crippen LogP contribution >= 0.6 is 0 Å². The molecule has 0 spiro atoms. The van der Waals surface area contributed by atoms with Gasteiger partial charge in [-0.05, 0) is 25.0 Å². The molecule has 2 amide bonds. The molecule has 0 unspecified atom stereocenters. The van der Waals surface area contributed by atoms with E-state index in [1.165, 1.54) is 0 Å². The Balaban J connectivity index is 1.52. The van der Waals surface area contributed by atoms with Crippen LogP contribution in [0.5, 0.6) is 0 Å². The van der Waals surface area contributed by atoms with E-state index in [2.05, 4.69) is 10.6 Å². The van der Waals surface area contributed by atoms with Crippen LogP contribution < -0.4 is 10.6 Å². The number of nitrogens with one attached hydrogen (secondary N) is 2. The molecule has 0 saturated carbocycles. The molecule has 0 aliphatic carbocycles. The molecule has 0 bridgehead atoms. The van der Waals surface area contributed by atoms with Gasteiger partial charge < -0.3 is 19.5 Å². The minimum absolute atomic E-state index is 0.000787. The fourth-order valence-corrected chi connectivity index (χ4v) is 3.46. The largest absolute Gasteiger partial charge is 0.441 e. The Labute approximate surface area is 153 Å². The molecule has 2 heterocycles. The molecular formula is C19H26N2O5. The summed E-state index contributed by atoms with van der Waals surface area (Å²) in [5.74, 6) is 0.0261. The van der Waals surface area contributed by atoms with Crippen LogP contribution in [0.25, 0.3) is 0 Å². The van der Waals surface area contributed by atoms with Crippen LogP contribution in [0.1, 0.15) is 26.7 Å². The third-order valence-electron chi connectivity index (χ3n) is 4.97. The lowest BCUT2D eigenvalue weighted by Crippen LogP contribution is -2.46. The lowest BCUT2D eigenvalue weighted by molar-refractivity contribution is -0.126. The second-order valence-electron chi connectivity index (χ2n) is 6.66. The number of carbonyl (C=O) groups is 2. The smallest absolute Gasteiger partial charge is 0.412 e. The van der Waals surface area contributed by atoms with Gasteiger partial charge in [0.2, 0.25) is 5.91 Å². The normalized spacial score (nSPS) is 27.2. The summed E-state index contributed by atoms with van der Waals surface area (Å²) < 4.78 is 17.0. The summed E-state index contributed by atoms with van der Waals surface area (Å²) >= 11 is 0. The molecule has 2 saturated heterocycles. The zero-order valence-corrected chi connectivity index (χ0v) is 15.1. The predicted octanol–water partition coefficient (Wildman–Crippen LogP) is 2.32. The maximum absolute atomic E-state index is 12.3. The maximum atomic E-state index is 12.3. The van der Waals surface area contributed by atoms with E-state index in [0.29, 0.717) is 12.3 Å². The average molecular weight is 362 g/mol. The van der Waals surface area contributed by atoms with E-state index in [9.17, 15) is 9.59 Å². The van der Waals surface area contributed by atoms with Gasteiger partial charge in [-0.15, -0.1) is 0 Å². The first-order valence-electron chi connectivity index (χ1n) is 9.18. The minimum Gasteiger partial charge on any atom is -0.441 e. The van der Waals surface area contributed by atoms with Gasteiger partial charge in [0.25, 0.3) is 0 Å². The lowest BCUT2D eigenvalue weighted by atomic mass is 10.0. The van der Waals surface area contributed by atoms with Gasteiger partial charge in [0, 0.05) is 11.6 Å². The first-order chi connectivity index (χ1) is 12.6. The van der Waals surface area contributed by atoms with E-state index in [-0.39, 0.29) is 36.7 Å². The van der Waals surface area contributed by atoms with Crippen molar-refractivity contribution in [3.8, 4) is 0 Å². The Kier molecular flexibility index (Phi) is 6.11. The van der Waals surface area contributed by atoms with Gasteiger partial charge in [-0.3, -0.25) is 10.1 Å². The summed E-state index contributed by atoms with van der Waals surface area (Å²) in [6, 6.07) is 8.89. The average Bonchev–Trinajstić information content (AvgIpc) is 3.21. The van der Waals surface area contributed by atoms with Gasteiger partial charge in [-0.1, -0.05) is 32.0 Å². The molecule has 7 heteroatoms. The Hall–Kier alpha value is -2.12. The van der Waals surface area contributed by atoms with Crippen molar-refractivity contribution in [1.82, 2.24) is 5.32 Å². The molecule has 2 aliphatic rings. The third-order valence-corrected chi connectivity index (χ3v) is 4.97. The zero-order valence-electron chi connectivity index (χ0n) is 15.1. The molecular weight excluding hydrogens is 336 g/mol. The predicted molar refractivity (Wildman–Crippen MR) is 95.8 cm³/mol. The Morgan fingerprint density at radius 3 is 2.50 bits per heavy atom. The van der Waals surface area contributed by atoms with Gasteiger partial charge in [0.15, 0.2) is 6.10 Å². The molecule has 1 aromatic carbocycles. The first kappa shape index (κ1) is 18.7. The van der Waals surface area contributed by atoms with Crippen LogP contribution in [0.2, 0.25) is 0 Å². The molecule has 0 aromatic heterocycles. The van der Waals surface area contributed by atoms with Crippen LogP contribution in [0, 0.1) is 5.92 Å². The van der Waals surface area contributed by atoms with Crippen molar-refractivity contribution >= 4 is 17.7 Å². The molecule has 1 aromatic rings. The molecule has 4 atom stereocenters. The highest BCUT2D eigenvalue weighted by molar-refractivity contribution is 5.84. The van der Waals surface area contributed by atoms with E-state index in [0.717, 1.165) is 12.8 Å². The fourth-order valence-electron chi connectivity index (χ4n) is 3.46. The van der Waals surface area contributed by atoms with Crippen molar-refractivity contribution in [3.63, 3.8) is 0 Å². The number of benzene rings is 1. The van der Waals surface area contributed by atoms with Gasteiger partial charge in [-0.25, -0.2) is 4.79 Å². The van der Waals surface area contributed by atoms with Gasteiger partial charge in [0.1, 0.15) is 12.2 Å². The van der Waals surface area contributed by atoms with Crippen LogP contribution in [0.4, 0.5) is 10.5 Å². The minimum atomic E-state index is -0.543. The van der Waals surface area contributed by atoms with Gasteiger partial charge in [0.05, 0.1) is 19.3 Å². The number of ether oxygens (including phenoxy) is 3. The molecule has 2 fully saturated rings. The number of anilines is 1. The van der Waals surface area contributed by atoms with E-state index in [1.807, 2.05) is 32.0 Å². The van der Waals surface area contributed by atoms with Gasteiger partial charge >= 0.3 is 6.09 Å². The molecule has 26 heavy (non-hydrogen) atoms. The number of carbonyl (C=O) groups excluding carboxylic acids is 2. The third kappa shape index (κ3) is 4.16. The summed E-state index contributed by atoms with van der Waals surface area (Å²) in [6.07, 6.45) is -0.0735. The number of rotatable bonds is 6. The maximum Gasteiger partial charge on any atom is 0.412 e. The van der Waals surface area contributed by atoms with Crippen molar-refractivity contribution < 1.29 is 23.8 Å². The molecule has 0 radical (unpaired) electrons. The Bertz CT molecular complexity index is 620. The van der Waals surface area contributed by atoms with Crippen molar-refractivity contribution in [1.29, 1.82) is 0 Å². The van der Waals surface area contributed by atoms with E-state index in [4.69, 9.17) is 14.2 Å². The van der Waals surface area contributed by atoms with E-state index < -0.39 is 12.2 Å². The van der Waals surface area contributed by atoms with Gasteiger partial charge in [-0.2, -0.15) is 0 Å². The molecule has 3 rings (SSSR count). The summed E-state index contributed by atoms with van der Waals surface area (Å²) in [5.41, 5.74) is 0.663. The summed E-state index contributed by atoms with van der Waals surface area (Å²) in [7, 11) is 0. The Morgan fingerprint density at radius 2 is 1.81 bits per heavy atom.